The van der Waals surface area contributed by atoms with Gasteiger partial charge in [0, 0.05) is 18.2 Å². The molecule has 1 rings (SSSR count). The highest BCUT2D eigenvalue weighted by Crippen LogP contribution is 2.12. The van der Waals surface area contributed by atoms with Crippen molar-refractivity contribution in [3.8, 4) is 0 Å². The fraction of sp³-hybridized carbons (Fsp3) is 0.400. The topological polar surface area (TPSA) is 133 Å². The Labute approximate surface area is 119 Å². The van der Waals surface area contributed by atoms with Crippen molar-refractivity contribution in [3.05, 3.63) is 12.0 Å². The van der Waals surface area contributed by atoms with E-state index in [1.807, 2.05) is 0 Å². The Bertz CT molecular complexity index is 563. The molecule has 1 aliphatic rings. The molecule has 0 bridgehead atoms. The minimum Gasteiger partial charge on any atom is -0.427 e. The molecule has 0 spiro atoms. The van der Waals surface area contributed by atoms with Gasteiger partial charge in [-0.05, 0) is 0 Å². The summed E-state index contributed by atoms with van der Waals surface area (Å²) in [5.74, 6) is -3.54. The van der Waals surface area contributed by atoms with Crippen LogP contribution in [0.15, 0.2) is 12.0 Å². The van der Waals surface area contributed by atoms with Gasteiger partial charge in [-0.1, -0.05) is 11.6 Å². The fourth-order valence-electron chi connectivity index (χ4n) is 1.17. The number of esters is 1. The van der Waals surface area contributed by atoms with E-state index < -0.39 is 46.3 Å². The molecule has 1 fully saturated rings. The second kappa shape index (κ2) is 6.83. The third kappa shape index (κ3) is 5.22. The Morgan fingerprint density at radius 2 is 1.76 bits per heavy atom. The van der Waals surface area contributed by atoms with Gasteiger partial charge >= 0.3 is 12.1 Å². The molecule has 1 saturated heterocycles. The van der Waals surface area contributed by atoms with Crippen molar-refractivity contribution in [3.63, 3.8) is 0 Å². The molecule has 21 heavy (non-hydrogen) atoms. The smallest absolute Gasteiger partial charge is 0.427 e. The molecule has 1 aliphatic heterocycles. The second-order valence-corrected chi connectivity index (χ2v) is 5.62. The van der Waals surface area contributed by atoms with Crippen molar-refractivity contribution in [2.24, 2.45) is 0 Å². The molecular weight excluding hydrogens is 310 g/mol. The minimum atomic E-state index is -3.78. The zero-order valence-corrected chi connectivity index (χ0v) is 11.5. The Morgan fingerprint density at radius 1 is 1.19 bits per heavy atom. The van der Waals surface area contributed by atoms with E-state index in [2.05, 4.69) is 20.9 Å². The van der Waals surface area contributed by atoms with Crippen LogP contribution < -0.4 is 0 Å². The van der Waals surface area contributed by atoms with E-state index in [1.165, 1.54) is 0 Å². The van der Waals surface area contributed by atoms with Gasteiger partial charge in [0.2, 0.25) is 6.79 Å². The molecule has 0 saturated carbocycles. The molecule has 0 unspecified atom stereocenters. The van der Waals surface area contributed by atoms with Crippen LogP contribution in [0.4, 0.5) is 4.79 Å². The monoisotopic (exact) mass is 321 g/mol. The summed E-state index contributed by atoms with van der Waals surface area (Å²) in [5.41, 5.74) is 0. The van der Waals surface area contributed by atoms with E-state index >= 15 is 0 Å². The van der Waals surface area contributed by atoms with E-state index in [4.69, 9.17) is 0 Å². The first-order valence-corrected chi connectivity index (χ1v) is 7.18. The molecule has 0 aliphatic carbocycles. The summed E-state index contributed by atoms with van der Waals surface area (Å²) in [4.78, 5) is 48.6. The maximum atomic E-state index is 11.1. The summed E-state index contributed by atoms with van der Waals surface area (Å²) in [5, 5.41) is 0.820. The highest BCUT2D eigenvalue weighted by Gasteiger charge is 2.33. The predicted octanol–water partition coefficient (Wildman–Crippen LogP) is -0.737. The number of rotatable bonds is 6. The normalized spacial score (nSPS) is 14.8. The highest BCUT2D eigenvalue weighted by molar-refractivity contribution is 7.94. The van der Waals surface area contributed by atoms with Crippen molar-refractivity contribution in [1.29, 1.82) is 0 Å². The van der Waals surface area contributed by atoms with Crippen molar-refractivity contribution in [1.82, 2.24) is 5.06 Å². The van der Waals surface area contributed by atoms with E-state index in [1.54, 1.807) is 0 Å². The van der Waals surface area contributed by atoms with Gasteiger partial charge < -0.3 is 9.47 Å². The summed E-state index contributed by atoms with van der Waals surface area (Å²) < 4.78 is 30.5. The first-order valence-electron chi connectivity index (χ1n) is 5.46. The van der Waals surface area contributed by atoms with E-state index in [0.717, 1.165) is 0 Å². The maximum Gasteiger partial charge on any atom is 0.536 e. The van der Waals surface area contributed by atoms with Gasteiger partial charge in [0.25, 0.3) is 11.8 Å². The number of sulfone groups is 1. The maximum absolute atomic E-state index is 11.1. The van der Waals surface area contributed by atoms with E-state index in [9.17, 15) is 27.6 Å². The highest BCUT2D eigenvalue weighted by atomic mass is 32.2. The lowest BCUT2D eigenvalue weighted by Crippen LogP contribution is -2.32. The average molecular weight is 321 g/mol. The zero-order chi connectivity index (χ0) is 16.0. The third-order valence-electron chi connectivity index (χ3n) is 2.14. The van der Waals surface area contributed by atoms with Gasteiger partial charge in [-0.3, -0.25) is 19.2 Å². The average Bonchev–Trinajstić information content (AvgIpc) is 2.70. The van der Waals surface area contributed by atoms with E-state index in [-0.39, 0.29) is 17.9 Å². The van der Waals surface area contributed by atoms with Gasteiger partial charge in [-0.25, -0.2) is 13.2 Å². The van der Waals surface area contributed by atoms with Gasteiger partial charge in [0.15, 0.2) is 15.6 Å². The predicted molar refractivity (Wildman–Crippen MR) is 63.6 cm³/mol. The van der Waals surface area contributed by atoms with Gasteiger partial charge in [0.05, 0.1) is 0 Å². The molecule has 0 atom stereocenters. The fourth-order valence-corrected chi connectivity index (χ4v) is 1.70. The number of hydrogen-bond acceptors (Lipinski definition) is 9. The van der Waals surface area contributed by atoms with Crippen LogP contribution in [0.3, 0.4) is 0 Å². The Hall–Kier alpha value is -2.43. The molecule has 1 heterocycles. The lowest BCUT2D eigenvalue weighted by atomic mass is 10.4. The zero-order valence-electron chi connectivity index (χ0n) is 10.6. The summed E-state index contributed by atoms with van der Waals surface area (Å²) in [6, 6.07) is 0. The van der Waals surface area contributed by atoms with Crippen molar-refractivity contribution in [2.75, 3.05) is 12.5 Å². The largest absolute Gasteiger partial charge is 0.536 e. The molecule has 11 heteroatoms. The van der Waals surface area contributed by atoms with Crippen LogP contribution in [-0.4, -0.2) is 50.0 Å². The molecule has 0 radical (unpaired) electrons. The number of amides is 2. The lowest BCUT2D eigenvalue weighted by Gasteiger charge is -2.12. The Morgan fingerprint density at radius 3 is 2.29 bits per heavy atom. The molecule has 2 amide bonds. The summed E-state index contributed by atoms with van der Waals surface area (Å²) >= 11 is 0. The van der Waals surface area contributed by atoms with Crippen LogP contribution in [0, 0.1) is 0 Å². The van der Waals surface area contributed by atoms with Crippen LogP contribution in [-0.2, 0) is 38.5 Å². The first-order chi connectivity index (χ1) is 9.75. The summed E-state index contributed by atoms with van der Waals surface area (Å²) in [6.07, 6.45) is -1.61. The van der Waals surface area contributed by atoms with Crippen molar-refractivity contribution < 1.29 is 41.9 Å². The minimum absolute atomic E-state index is 0.0828. The number of imide groups is 1. The van der Waals surface area contributed by atoms with Crippen molar-refractivity contribution in [2.45, 2.75) is 12.8 Å². The van der Waals surface area contributed by atoms with Crippen molar-refractivity contribution >= 4 is 33.8 Å². The lowest BCUT2D eigenvalue weighted by molar-refractivity contribution is -0.182. The first kappa shape index (κ1) is 16.6. The van der Waals surface area contributed by atoms with Crippen LogP contribution in [0.25, 0.3) is 0 Å². The molecule has 10 nitrogen and oxygen atoms in total. The number of hydrogen-bond donors (Lipinski definition) is 0. The Balaban J connectivity index is 2.31. The number of carbonyl (C=O) groups is 4. The van der Waals surface area contributed by atoms with Crippen LogP contribution in [0.2, 0.25) is 0 Å². The van der Waals surface area contributed by atoms with E-state index in [0.29, 0.717) is 5.41 Å². The second-order valence-electron chi connectivity index (χ2n) is 3.68. The SMILES string of the molecule is C=CS(=O)(=O)CC(=O)OCOC(=O)ON1C(=O)CCC1=O. The van der Waals surface area contributed by atoms with Gasteiger partial charge in [0.1, 0.15) is 0 Å². The molecular formula is C10H11NO9S. The Kier molecular flexibility index (Phi) is 5.41. The molecule has 0 N–H and O–H groups in total. The van der Waals surface area contributed by atoms with Gasteiger partial charge in [-0.2, -0.15) is 0 Å². The molecule has 0 aromatic rings. The van der Waals surface area contributed by atoms with Crippen LogP contribution in [0.1, 0.15) is 12.8 Å². The molecule has 0 aromatic heterocycles. The number of hydroxylamine groups is 2. The third-order valence-corrected chi connectivity index (χ3v) is 3.29. The molecule has 116 valence electrons. The standard InChI is InChI=1S/C10H11NO9S/c1-2-21(16,17)5-9(14)18-6-19-10(15)20-11-7(12)3-4-8(11)13/h2H,1,3-6H2. The summed E-state index contributed by atoms with van der Waals surface area (Å²) in [6.45, 7) is 2.07. The van der Waals surface area contributed by atoms with Gasteiger partial charge in [-0.15, -0.1) is 0 Å². The molecule has 0 aromatic carbocycles. The van der Waals surface area contributed by atoms with Crippen LogP contribution >= 0.6 is 0 Å². The van der Waals surface area contributed by atoms with Crippen LogP contribution in [0.5, 0.6) is 0 Å². The number of ether oxygens (including phenoxy) is 2. The number of carbonyl (C=O) groups excluding carboxylic acids is 4. The number of nitrogens with zero attached hydrogens (tertiary/aromatic N) is 1. The summed E-state index contributed by atoms with van der Waals surface area (Å²) in [7, 11) is -3.78. The quantitative estimate of drug-likeness (QED) is 0.352.